The number of hydrogen-bond donors (Lipinski definition) is 1. The van der Waals surface area contributed by atoms with E-state index in [1.165, 1.54) is 5.56 Å². The Morgan fingerprint density at radius 1 is 1.38 bits per heavy atom. The third-order valence-corrected chi connectivity index (χ3v) is 4.63. The van der Waals surface area contributed by atoms with Gasteiger partial charge >= 0.3 is 0 Å². The number of carbonyl (C=O) groups is 1. The quantitative estimate of drug-likeness (QED) is 0.849. The van der Waals surface area contributed by atoms with E-state index in [-0.39, 0.29) is 18.3 Å². The van der Waals surface area contributed by atoms with Crippen molar-refractivity contribution in [2.45, 2.75) is 58.6 Å². The highest BCUT2D eigenvalue weighted by Gasteiger charge is 2.31. The monoisotopic (exact) mass is 354 g/mol. The molecule has 1 saturated heterocycles. The van der Waals surface area contributed by atoms with Gasteiger partial charge in [-0.2, -0.15) is 0 Å². The molecule has 0 saturated carbocycles. The van der Waals surface area contributed by atoms with E-state index in [0.717, 1.165) is 37.2 Å². The van der Waals surface area contributed by atoms with Gasteiger partial charge in [0, 0.05) is 19.1 Å². The van der Waals surface area contributed by atoms with Crippen LogP contribution in [-0.2, 0) is 4.79 Å². The van der Waals surface area contributed by atoms with Crippen LogP contribution in [0.3, 0.4) is 0 Å². The summed E-state index contributed by atoms with van der Waals surface area (Å²) in [5.74, 6) is 1.36. The lowest BCUT2D eigenvalue weighted by Gasteiger charge is -2.28. The first-order valence-corrected chi connectivity index (χ1v) is 8.66. The van der Waals surface area contributed by atoms with Crippen LogP contribution in [0.1, 0.15) is 50.7 Å². The minimum Gasteiger partial charge on any atom is -0.481 e. The van der Waals surface area contributed by atoms with Gasteiger partial charge in [0.05, 0.1) is 0 Å². The fourth-order valence-corrected chi connectivity index (χ4v) is 3.15. The first kappa shape index (κ1) is 20.8. The molecule has 136 valence electrons. The molecule has 1 heterocycles. The predicted octanol–water partition coefficient (Wildman–Crippen LogP) is 3.52. The second-order valence-corrected chi connectivity index (χ2v) is 6.83. The molecule has 0 aromatic heterocycles. The average molecular weight is 355 g/mol. The summed E-state index contributed by atoms with van der Waals surface area (Å²) in [6.07, 6.45) is 1.70. The summed E-state index contributed by atoms with van der Waals surface area (Å²) in [5.41, 5.74) is 2.31. The van der Waals surface area contributed by atoms with Crippen LogP contribution in [0.25, 0.3) is 0 Å². The molecule has 1 amide bonds. The Balaban J connectivity index is 0.00000288. The molecule has 0 aliphatic carbocycles. The van der Waals surface area contributed by atoms with Gasteiger partial charge in [-0.05, 0) is 56.8 Å². The van der Waals surface area contributed by atoms with Crippen LogP contribution in [0.2, 0.25) is 0 Å². The topological polar surface area (TPSA) is 41.6 Å². The highest BCUT2D eigenvalue weighted by atomic mass is 35.5. The number of amides is 1. The zero-order valence-electron chi connectivity index (χ0n) is 15.5. The Kier molecular flexibility index (Phi) is 8.04. The Hall–Kier alpha value is -1.26. The van der Waals surface area contributed by atoms with Crippen molar-refractivity contribution in [1.82, 2.24) is 10.2 Å². The number of aryl methyl sites for hydroxylation is 1. The Morgan fingerprint density at radius 3 is 2.71 bits per heavy atom. The first-order chi connectivity index (χ1) is 10.9. The lowest BCUT2D eigenvalue weighted by molar-refractivity contribution is -0.138. The lowest BCUT2D eigenvalue weighted by Crippen LogP contribution is -2.46. The molecule has 2 unspecified atom stereocenters. The number of likely N-dealkylation sites (tertiary alicyclic amines) is 1. The van der Waals surface area contributed by atoms with Crippen LogP contribution >= 0.6 is 12.4 Å². The third-order valence-electron chi connectivity index (χ3n) is 4.63. The van der Waals surface area contributed by atoms with Crippen LogP contribution < -0.4 is 10.1 Å². The van der Waals surface area contributed by atoms with Gasteiger partial charge in [0.2, 0.25) is 0 Å². The summed E-state index contributed by atoms with van der Waals surface area (Å²) in [5, 5.41) is 3.18. The molecule has 1 aliphatic heterocycles. The van der Waals surface area contributed by atoms with E-state index in [1.807, 2.05) is 25.8 Å². The molecule has 0 spiro atoms. The molecule has 1 N–H and O–H groups in total. The lowest BCUT2D eigenvalue weighted by atomic mass is 10.0. The van der Waals surface area contributed by atoms with Crippen molar-refractivity contribution in [2.24, 2.45) is 0 Å². The standard InChI is InChI=1S/C19H30N2O2.ClH/c1-13(2)16-9-8-14(3)18(11-16)23-15(4)19(22)21-10-6-7-17(21)12-20-5;/h8-9,11,13,15,17,20H,6-7,10,12H2,1-5H3;1H. The fourth-order valence-electron chi connectivity index (χ4n) is 3.15. The summed E-state index contributed by atoms with van der Waals surface area (Å²) < 4.78 is 6.03. The number of carbonyl (C=O) groups excluding carboxylic acids is 1. The second kappa shape index (κ2) is 9.28. The highest BCUT2D eigenvalue weighted by Crippen LogP contribution is 2.26. The van der Waals surface area contributed by atoms with Gasteiger partial charge in [-0.3, -0.25) is 4.79 Å². The van der Waals surface area contributed by atoms with Gasteiger partial charge in [0.15, 0.2) is 6.10 Å². The van der Waals surface area contributed by atoms with Crippen molar-refractivity contribution in [2.75, 3.05) is 20.1 Å². The van der Waals surface area contributed by atoms with Crippen molar-refractivity contribution in [3.05, 3.63) is 29.3 Å². The van der Waals surface area contributed by atoms with E-state index in [2.05, 4.69) is 37.4 Å². The third kappa shape index (κ3) is 4.87. The maximum atomic E-state index is 12.7. The smallest absolute Gasteiger partial charge is 0.263 e. The van der Waals surface area contributed by atoms with Crippen LogP contribution in [0.15, 0.2) is 18.2 Å². The van der Waals surface area contributed by atoms with Gasteiger partial charge in [0.25, 0.3) is 5.91 Å². The number of nitrogens with one attached hydrogen (secondary N) is 1. The number of nitrogens with zero attached hydrogens (tertiary/aromatic N) is 1. The van der Waals surface area contributed by atoms with E-state index >= 15 is 0 Å². The molecular weight excluding hydrogens is 324 g/mol. The van der Waals surface area contributed by atoms with Crippen LogP contribution in [0.5, 0.6) is 5.75 Å². The Morgan fingerprint density at radius 2 is 2.08 bits per heavy atom. The zero-order valence-corrected chi connectivity index (χ0v) is 16.3. The zero-order chi connectivity index (χ0) is 17.0. The molecule has 24 heavy (non-hydrogen) atoms. The van der Waals surface area contributed by atoms with Gasteiger partial charge in [0.1, 0.15) is 5.75 Å². The number of halogens is 1. The summed E-state index contributed by atoms with van der Waals surface area (Å²) in [7, 11) is 1.93. The molecule has 1 aliphatic rings. The number of hydrogen-bond acceptors (Lipinski definition) is 3. The van der Waals surface area contributed by atoms with Crippen LogP contribution in [0.4, 0.5) is 0 Å². The van der Waals surface area contributed by atoms with Crippen LogP contribution in [-0.4, -0.2) is 43.1 Å². The van der Waals surface area contributed by atoms with Crippen molar-refractivity contribution in [3.8, 4) is 5.75 Å². The fraction of sp³-hybridized carbons (Fsp3) is 0.632. The van der Waals surface area contributed by atoms with Crippen molar-refractivity contribution in [3.63, 3.8) is 0 Å². The van der Waals surface area contributed by atoms with Gasteiger partial charge in [-0.15, -0.1) is 12.4 Å². The number of likely N-dealkylation sites (N-methyl/N-ethyl adjacent to an activating group) is 1. The van der Waals surface area contributed by atoms with Gasteiger partial charge in [-0.25, -0.2) is 0 Å². The summed E-state index contributed by atoms with van der Waals surface area (Å²) >= 11 is 0. The molecule has 4 nitrogen and oxygen atoms in total. The van der Waals surface area contributed by atoms with Crippen molar-refractivity contribution < 1.29 is 9.53 Å². The molecule has 2 atom stereocenters. The SMILES string of the molecule is CNCC1CCCN1C(=O)C(C)Oc1cc(C(C)C)ccc1C.Cl. The maximum Gasteiger partial charge on any atom is 0.263 e. The normalized spacial score (nSPS) is 18.4. The number of ether oxygens (including phenoxy) is 1. The molecule has 5 heteroatoms. The molecule has 1 aromatic carbocycles. The van der Waals surface area contributed by atoms with Crippen molar-refractivity contribution >= 4 is 18.3 Å². The second-order valence-electron chi connectivity index (χ2n) is 6.83. The van der Waals surface area contributed by atoms with E-state index in [9.17, 15) is 4.79 Å². The Bertz CT molecular complexity index is 548. The predicted molar refractivity (Wildman–Crippen MR) is 101 cm³/mol. The molecule has 1 fully saturated rings. The summed E-state index contributed by atoms with van der Waals surface area (Å²) in [4.78, 5) is 14.7. The van der Waals surface area contributed by atoms with Crippen LogP contribution in [0, 0.1) is 6.92 Å². The largest absolute Gasteiger partial charge is 0.481 e. The highest BCUT2D eigenvalue weighted by molar-refractivity contribution is 5.85. The van der Waals surface area contributed by atoms with Crippen molar-refractivity contribution in [1.29, 1.82) is 0 Å². The average Bonchev–Trinajstić information content (AvgIpc) is 2.97. The number of rotatable bonds is 6. The molecular formula is C19H31ClN2O2. The van der Waals surface area contributed by atoms with E-state index < -0.39 is 6.10 Å². The van der Waals surface area contributed by atoms with E-state index in [4.69, 9.17) is 4.74 Å². The summed E-state index contributed by atoms with van der Waals surface area (Å²) in [6, 6.07) is 6.56. The molecule has 1 aromatic rings. The minimum atomic E-state index is -0.450. The van der Waals surface area contributed by atoms with E-state index in [1.54, 1.807) is 0 Å². The molecule has 2 rings (SSSR count). The minimum absolute atomic E-state index is 0. The molecule has 0 radical (unpaired) electrons. The summed E-state index contributed by atoms with van der Waals surface area (Å²) in [6.45, 7) is 9.89. The maximum absolute atomic E-state index is 12.7. The number of benzene rings is 1. The Labute approximate surface area is 152 Å². The first-order valence-electron chi connectivity index (χ1n) is 8.66. The van der Waals surface area contributed by atoms with Gasteiger partial charge in [-0.1, -0.05) is 26.0 Å². The van der Waals surface area contributed by atoms with E-state index in [0.29, 0.717) is 12.0 Å². The van der Waals surface area contributed by atoms with Gasteiger partial charge < -0.3 is 15.0 Å². The molecule has 0 bridgehead atoms.